The summed E-state index contributed by atoms with van der Waals surface area (Å²) in [5.74, 6) is -0.0363. The minimum atomic E-state index is -3.75. The Morgan fingerprint density at radius 3 is 1.81 bits per heavy atom. The highest BCUT2D eigenvalue weighted by Crippen LogP contribution is 2.51. The molecule has 27 heavy (non-hydrogen) atoms. The lowest BCUT2D eigenvalue weighted by atomic mass is 9.57. The van der Waals surface area contributed by atoms with Gasteiger partial charge in [0.05, 0.1) is 10.3 Å². The van der Waals surface area contributed by atoms with Gasteiger partial charge in [-0.15, -0.1) is 0 Å². The first kappa shape index (κ1) is 23.6. The van der Waals surface area contributed by atoms with Gasteiger partial charge >= 0.3 is 0 Å². The van der Waals surface area contributed by atoms with E-state index in [1.165, 1.54) is 12.1 Å². The van der Waals surface area contributed by atoms with E-state index in [0.717, 1.165) is 25.7 Å². The molecule has 0 spiro atoms. The van der Waals surface area contributed by atoms with Crippen LogP contribution in [0.3, 0.4) is 0 Å². The molecular weight excluding hydrogens is 360 g/mol. The smallest absolute Gasteiger partial charge is 0.238 e. The van der Waals surface area contributed by atoms with Crippen LogP contribution in [0.1, 0.15) is 74.1 Å². The maximum atomic E-state index is 13.4. The molecule has 1 amide bonds. The standard InChI is InChI=1S/C21H36N2O3S/c1-8-19(4,5)21(7,15-20(6,9-2)10-3)18(24)23-16-11-13-17(14-12-16)27(22,25)26/h11-14H,8-10,15H2,1-7H3,(H,23,24)(H2,22,25,26). The van der Waals surface area contributed by atoms with E-state index in [-0.39, 0.29) is 21.6 Å². The number of sulfonamides is 1. The maximum Gasteiger partial charge on any atom is 0.238 e. The molecule has 0 saturated carbocycles. The summed E-state index contributed by atoms with van der Waals surface area (Å²) in [7, 11) is -3.75. The molecule has 1 aromatic rings. The summed E-state index contributed by atoms with van der Waals surface area (Å²) in [6, 6.07) is 5.98. The second kappa shape index (κ2) is 8.31. The molecule has 1 rings (SSSR count). The second-order valence-electron chi connectivity index (χ2n) is 8.79. The van der Waals surface area contributed by atoms with Crippen molar-refractivity contribution in [3.63, 3.8) is 0 Å². The van der Waals surface area contributed by atoms with Gasteiger partial charge in [-0.05, 0) is 47.9 Å². The first-order valence-corrected chi connectivity index (χ1v) is 11.2. The van der Waals surface area contributed by atoms with Crippen LogP contribution in [0.5, 0.6) is 0 Å². The molecule has 0 aliphatic heterocycles. The summed E-state index contributed by atoms with van der Waals surface area (Å²) in [6.45, 7) is 15.0. The molecule has 0 radical (unpaired) electrons. The highest BCUT2D eigenvalue weighted by atomic mass is 32.2. The van der Waals surface area contributed by atoms with Crippen LogP contribution >= 0.6 is 0 Å². The van der Waals surface area contributed by atoms with E-state index < -0.39 is 15.4 Å². The Balaban J connectivity index is 3.21. The average molecular weight is 397 g/mol. The van der Waals surface area contributed by atoms with E-state index in [0.29, 0.717) is 5.69 Å². The highest BCUT2D eigenvalue weighted by Gasteiger charge is 2.49. The Kier molecular flexibility index (Phi) is 7.28. The number of anilines is 1. The summed E-state index contributed by atoms with van der Waals surface area (Å²) >= 11 is 0. The number of benzene rings is 1. The Morgan fingerprint density at radius 1 is 0.963 bits per heavy atom. The predicted octanol–water partition coefficient (Wildman–Crippen LogP) is 4.93. The van der Waals surface area contributed by atoms with E-state index in [4.69, 9.17) is 5.14 Å². The zero-order valence-electron chi connectivity index (χ0n) is 17.8. The fourth-order valence-corrected chi connectivity index (χ4v) is 3.88. The van der Waals surface area contributed by atoms with Gasteiger partial charge in [-0.25, -0.2) is 13.6 Å². The molecule has 0 saturated heterocycles. The van der Waals surface area contributed by atoms with Crippen molar-refractivity contribution >= 4 is 21.6 Å². The van der Waals surface area contributed by atoms with Crippen molar-refractivity contribution in [1.82, 2.24) is 0 Å². The topological polar surface area (TPSA) is 89.3 Å². The monoisotopic (exact) mass is 396 g/mol. The largest absolute Gasteiger partial charge is 0.326 e. The number of rotatable bonds is 9. The van der Waals surface area contributed by atoms with Crippen LogP contribution in [0, 0.1) is 16.2 Å². The summed E-state index contributed by atoms with van der Waals surface area (Å²) in [6.07, 6.45) is 3.68. The number of primary sulfonamides is 1. The molecule has 0 aliphatic carbocycles. The maximum absolute atomic E-state index is 13.4. The van der Waals surface area contributed by atoms with Gasteiger partial charge in [-0.2, -0.15) is 0 Å². The molecule has 0 bridgehead atoms. The second-order valence-corrected chi connectivity index (χ2v) is 10.3. The zero-order chi connectivity index (χ0) is 21.1. The van der Waals surface area contributed by atoms with E-state index in [1.54, 1.807) is 12.1 Å². The van der Waals surface area contributed by atoms with Crippen LogP contribution < -0.4 is 10.5 Å². The minimum Gasteiger partial charge on any atom is -0.326 e. The van der Waals surface area contributed by atoms with Gasteiger partial charge in [0.1, 0.15) is 0 Å². The molecule has 1 aromatic carbocycles. The molecule has 1 atom stereocenters. The predicted molar refractivity (Wildman–Crippen MR) is 112 cm³/mol. The molecule has 0 aliphatic rings. The van der Waals surface area contributed by atoms with E-state index in [9.17, 15) is 13.2 Å². The number of carbonyl (C=O) groups excluding carboxylic acids is 1. The molecule has 5 nitrogen and oxygen atoms in total. The molecule has 0 aromatic heterocycles. The highest BCUT2D eigenvalue weighted by molar-refractivity contribution is 7.89. The van der Waals surface area contributed by atoms with Crippen molar-refractivity contribution in [2.24, 2.45) is 21.4 Å². The number of amides is 1. The molecule has 3 N–H and O–H groups in total. The van der Waals surface area contributed by atoms with Crippen LogP contribution in [0.25, 0.3) is 0 Å². The normalized spacial score (nSPS) is 15.3. The first-order valence-electron chi connectivity index (χ1n) is 9.69. The Bertz CT molecular complexity index is 750. The summed E-state index contributed by atoms with van der Waals surface area (Å²) < 4.78 is 22.8. The average Bonchev–Trinajstić information content (AvgIpc) is 2.60. The van der Waals surface area contributed by atoms with Crippen molar-refractivity contribution in [2.75, 3.05) is 5.32 Å². The number of carbonyl (C=O) groups is 1. The Morgan fingerprint density at radius 2 is 1.44 bits per heavy atom. The van der Waals surface area contributed by atoms with Crippen LogP contribution in [-0.4, -0.2) is 14.3 Å². The fraction of sp³-hybridized carbons (Fsp3) is 0.667. The van der Waals surface area contributed by atoms with Crippen molar-refractivity contribution < 1.29 is 13.2 Å². The summed E-state index contributed by atoms with van der Waals surface area (Å²) in [4.78, 5) is 13.4. The lowest BCUT2D eigenvalue weighted by Gasteiger charge is -2.47. The van der Waals surface area contributed by atoms with Gasteiger partial charge in [0.2, 0.25) is 15.9 Å². The lowest BCUT2D eigenvalue weighted by molar-refractivity contribution is -0.134. The number of hydrogen-bond acceptors (Lipinski definition) is 3. The quantitative estimate of drug-likeness (QED) is 0.620. The fourth-order valence-electron chi connectivity index (χ4n) is 3.37. The van der Waals surface area contributed by atoms with Gasteiger partial charge in [-0.1, -0.05) is 61.3 Å². The Hall–Kier alpha value is -1.40. The van der Waals surface area contributed by atoms with Gasteiger partial charge in [0.25, 0.3) is 0 Å². The van der Waals surface area contributed by atoms with Crippen LogP contribution in [0.4, 0.5) is 5.69 Å². The van der Waals surface area contributed by atoms with Crippen molar-refractivity contribution in [1.29, 1.82) is 0 Å². The molecule has 0 heterocycles. The van der Waals surface area contributed by atoms with Gasteiger partial charge in [-0.3, -0.25) is 4.79 Å². The Labute approximate surface area is 165 Å². The number of nitrogens with two attached hydrogens (primary N) is 1. The SMILES string of the molecule is CCC(C)(CC)CC(C)(C(=O)Nc1ccc(S(N)(=O)=O)cc1)C(C)(C)CC. The van der Waals surface area contributed by atoms with Gasteiger partial charge in [0, 0.05) is 5.69 Å². The molecular formula is C21H36N2O3S. The van der Waals surface area contributed by atoms with E-state index in [2.05, 4.69) is 46.9 Å². The third-order valence-corrected chi connectivity index (χ3v) is 7.74. The van der Waals surface area contributed by atoms with E-state index in [1.807, 2.05) is 6.92 Å². The first-order chi connectivity index (χ1) is 12.2. The van der Waals surface area contributed by atoms with Crippen LogP contribution in [0.2, 0.25) is 0 Å². The minimum absolute atomic E-state index is 0.0293. The molecule has 0 fully saturated rings. The van der Waals surface area contributed by atoms with Gasteiger partial charge < -0.3 is 5.32 Å². The molecule has 1 unspecified atom stereocenters. The third-order valence-electron chi connectivity index (χ3n) is 6.81. The van der Waals surface area contributed by atoms with Crippen molar-refractivity contribution in [3.05, 3.63) is 24.3 Å². The van der Waals surface area contributed by atoms with Crippen LogP contribution in [-0.2, 0) is 14.8 Å². The number of nitrogens with one attached hydrogen (secondary N) is 1. The van der Waals surface area contributed by atoms with Crippen molar-refractivity contribution in [2.45, 2.75) is 79.0 Å². The van der Waals surface area contributed by atoms with Crippen LogP contribution in [0.15, 0.2) is 29.2 Å². The van der Waals surface area contributed by atoms with E-state index >= 15 is 0 Å². The lowest BCUT2D eigenvalue weighted by Crippen LogP contribution is -2.48. The summed E-state index contributed by atoms with van der Waals surface area (Å²) in [5.41, 5.74) is -0.111. The molecule has 154 valence electrons. The third kappa shape index (κ3) is 5.32. The summed E-state index contributed by atoms with van der Waals surface area (Å²) in [5, 5.41) is 8.14. The van der Waals surface area contributed by atoms with Gasteiger partial charge in [0.15, 0.2) is 0 Å². The van der Waals surface area contributed by atoms with Crippen molar-refractivity contribution in [3.8, 4) is 0 Å². The molecule has 6 heteroatoms. The number of hydrogen-bond donors (Lipinski definition) is 2. The zero-order valence-corrected chi connectivity index (χ0v) is 18.7.